The minimum atomic E-state index is -4.61. The van der Waals surface area contributed by atoms with Crippen LogP contribution in [-0.4, -0.2) is 61.3 Å². The van der Waals surface area contributed by atoms with Crippen molar-refractivity contribution in [3.8, 4) is 0 Å². The van der Waals surface area contributed by atoms with Crippen molar-refractivity contribution in [2.75, 3.05) is 42.1 Å². The highest BCUT2D eigenvalue weighted by Gasteiger charge is 2.31. The number of amides is 2. The van der Waals surface area contributed by atoms with Gasteiger partial charge >= 0.3 is 6.18 Å². The maximum Gasteiger partial charge on any atom is 0.416 e. The average molecular weight is 688 g/mol. The fraction of sp³-hybridized carbons (Fsp3) is 0.226. The van der Waals surface area contributed by atoms with Gasteiger partial charge in [-0.25, -0.2) is 23.1 Å². The maximum atomic E-state index is 13.0. The van der Waals surface area contributed by atoms with E-state index in [0.717, 1.165) is 44.1 Å². The van der Waals surface area contributed by atoms with Crippen LogP contribution in [0.3, 0.4) is 0 Å². The number of halogens is 4. The largest absolute Gasteiger partial charge is 0.416 e. The van der Waals surface area contributed by atoms with Gasteiger partial charge in [-0.15, -0.1) is 0 Å². The number of rotatable bonds is 11. The molecule has 2 amide bonds. The Morgan fingerprint density at radius 1 is 0.851 bits per heavy atom. The van der Waals surface area contributed by atoms with Crippen molar-refractivity contribution in [1.29, 1.82) is 0 Å². The lowest BCUT2D eigenvalue weighted by molar-refractivity contribution is -0.137. The molecule has 2 heterocycles. The first-order valence-corrected chi connectivity index (χ1v) is 16.2. The van der Waals surface area contributed by atoms with Gasteiger partial charge in [0, 0.05) is 30.0 Å². The van der Waals surface area contributed by atoms with Crippen LogP contribution in [0.1, 0.15) is 39.1 Å². The summed E-state index contributed by atoms with van der Waals surface area (Å²) in [6.07, 6.45) is 0.271. The van der Waals surface area contributed by atoms with Gasteiger partial charge in [0.05, 0.1) is 39.1 Å². The first-order valence-electron chi connectivity index (χ1n) is 14.4. The lowest BCUT2D eigenvalue weighted by Gasteiger charge is -2.15. The summed E-state index contributed by atoms with van der Waals surface area (Å²) in [6.45, 7) is 2.89. The van der Waals surface area contributed by atoms with Gasteiger partial charge in [0.25, 0.3) is 11.8 Å². The summed E-state index contributed by atoms with van der Waals surface area (Å²) in [5.74, 6) is -1.33. The van der Waals surface area contributed by atoms with Crippen LogP contribution in [0.2, 0.25) is 5.02 Å². The molecule has 1 aliphatic heterocycles. The average Bonchev–Trinajstić information content (AvgIpc) is 3.56. The summed E-state index contributed by atoms with van der Waals surface area (Å²) in [5.41, 5.74) is -0.452. The number of likely N-dealkylation sites (tertiary alicyclic amines) is 1. The van der Waals surface area contributed by atoms with Crippen LogP contribution in [0.4, 0.5) is 36.2 Å². The summed E-state index contributed by atoms with van der Waals surface area (Å²) in [5, 5.41) is 8.04. The van der Waals surface area contributed by atoms with E-state index in [2.05, 4.69) is 35.5 Å². The Balaban J connectivity index is 1.19. The van der Waals surface area contributed by atoms with Gasteiger partial charge in [-0.05, 0) is 80.5 Å². The second-order valence-corrected chi connectivity index (χ2v) is 12.8. The monoisotopic (exact) mass is 687 g/mol. The molecule has 47 heavy (non-hydrogen) atoms. The predicted octanol–water partition coefficient (Wildman–Crippen LogP) is 5.77. The third-order valence-electron chi connectivity index (χ3n) is 7.15. The number of nitrogens with one attached hydrogen (secondary N) is 4. The van der Waals surface area contributed by atoms with Crippen molar-refractivity contribution in [2.45, 2.75) is 23.9 Å². The topological polar surface area (TPSA) is 145 Å². The Morgan fingerprint density at radius 3 is 2.28 bits per heavy atom. The molecule has 0 radical (unpaired) electrons. The maximum absolute atomic E-state index is 13.0. The highest BCUT2D eigenvalue weighted by atomic mass is 35.5. The third-order valence-corrected chi connectivity index (χ3v) is 8.94. The second-order valence-electron chi connectivity index (χ2n) is 10.6. The van der Waals surface area contributed by atoms with Crippen LogP contribution in [0.25, 0.3) is 0 Å². The molecule has 1 aliphatic rings. The molecule has 0 atom stereocenters. The molecule has 246 valence electrons. The molecule has 0 bridgehead atoms. The molecule has 16 heteroatoms. The van der Waals surface area contributed by atoms with Gasteiger partial charge in [-0.1, -0.05) is 23.7 Å². The Kier molecular flexibility index (Phi) is 10.4. The number of carbonyl (C=O) groups excluding carboxylic acids is 2. The molecule has 0 aliphatic carbocycles. The molecule has 1 aromatic heterocycles. The molecular weight excluding hydrogens is 659 g/mol. The SMILES string of the molecule is O=C(Nc1ccc(Cl)c(C(=O)Nc2cnc(Nc3cccc(S(=O)(=O)NCCN4CCCC4)c3)nc2)c1)c1cccc(C(F)(F)F)c1. The van der Waals surface area contributed by atoms with Crippen molar-refractivity contribution in [3.63, 3.8) is 0 Å². The molecule has 11 nitrogen and oxygen atoms in total. The van der Waals surface area contributed by atoms with Crippen LogP contribution >= 0.6 is 11.6 Å². The van der Waals surface area contributed by atoms with Crippen LogP contribution in [-0.2, 0) is 16.2 Å². The Morgan fingerprint density at radius 2 is 1.55 bits per heavy atom. The van der Waals surface area contributed by atoms with Crippen molar-refractivity contribution >= 4 is 56.4 Å². The minimum absolute atomic E-state index is 0.0252. The zero-order valence-corrected chi connectivity index (χ0v) is 26.2. The lowest BCUT2D eigenvalue weighted by atomic mass is 10.1. The molecule has 0 spiro atoms. The zero-order chi connectivity index (χ0) is 33.6. The van der Waals surface area contributed by atoms with Crippen LogP contribution in [0.15, 0.2) is 84.0 Å². The predicted molar refractivity (Wildman–Crippen MR) is 171 cm³/mol. The second kappa shape index (κ2) is 14.5. The fourth-order valence-corrected chi connectivity index (χ4v) is 6.04. The first kappa shape index (κ1) is 33.8. The Hall–Kier alpha value is -4.57. The number of aromatic nitrogens is 2. The summed E-state index contributed by atoms with van der Waals surface area (Å²) < 4.78 is 67.3. The lowest BCUT2D eigenvalue weighted by Crippen LogP contribution is -2.33. The fourth-order valence-electron chi connectivity index (χ4n) is 4.77. The van der Waals surface area contributed by atoms with Crippen LogP contribution < -0.4 is 20.7 Å². The van der Waals surface area contributed by atoms with Crippen LogP contribution in [0, 0.1) is 0 Å². The first-order chi connectivity index (χ1) is 22.4. The van der Waals surface area contributed by atoms with E-state index < -0.39 is 33.6 Å². The molecule has 0 saturated carbocycles. The number of hydrogen-bond donors (Lipinski definition) is 4. The third kappa shape index (κ3) is 9.04. The van der Waals surface area contributed by atoms with E-state index in [1.54, 1.807) is 12.1 Å². The van der Waals surface area contributed by atoms with Crippen LogP contribution in [0.5, 0.6) is 0 Å². The number of nitrogens with zero attached hydrogens (tertiary/aromatic N) is 3. The van der Waals surface area contributed by atoms with E-state index in [-0.39, 0.29) is 38.4 Å². The number of anilines is 4. The quantitative estimate of drug-likeness (QED) is 0.156. The smallest absolute Gasteiger partial charge is 0.324 e. The summed E-state index contributed by atoms with van der Waals surface area (Å²) >= 11 is 6.21. The molecule has 3 aromatic carbocycles. The van der Waals surface area contributed by atoms with E-state index >= 15 is 0 Å². The van der Waals surface area contributed by atoms with Gasteiger partial charge in [0.2, 0.25) is 16.0 Å². The Labute approximate surface area is 273 Å². The van der Waals surface area contributed by atoms with Gasteiger partial charge in [-0.3, -0.25) is 9.59 Å². The van der Waals surface area contributed by atoms with Gasteiger partial charge in [0.15, 0.2) is 0 Å². The van der Waals surface area contributed by atoms with Gasteiger partial charge in [-0.2, -0.15) is 13.2 Å². The number of benzene rings is 3. The van der Waals surface area contributed by atoms with E-state index in [1.807, 2.05) is 0 Å². The molecule has 1 fully saturated rings. The number of sulfonamides is 1. The zero-order valence-electron chi connectivity index (χ0n) is 24.6. The standard InChI is InChI=1S/C31H29ClF3N7O4S/c32-27-10-9-23(39-28(43)20-5-3-6-21(15-20)31(33,34)35)17-26(27)29(44)40-24-18-36-30(37-19-24)41-22-7-4-8-25(16-22)47(45,46)38-11-14-42-12-1-2-13-42/h3-10,15-19,38H,1-2,11-14H2,(H,39,43)(H,40,44)(H,36,37,41). The van der Waals surface area contributed by atoms with E-state index in [9.17, 15) is 31.2 Å². The van der Waals surface area contributed by atoms with E-state index in [1.165, 1.54) is 48.8 Å². The summed E-state index contributed by atoms with van der Waals surface area (Å²) in [4.78, 5) is 36.2. The number of carbonyl (C=O) groups is 2. The summed E-state index contributed by atoms with van der Waals surface area (Å²) in [7, 11) is -3.73. The molecule has 1 saturated heterocycles. The highest BCUT2D eigenvalue weighted by molar-refractivity contribution is 7.89. The van der Waals surface area contributed by atoms with Crippen molar-refractivity contribution < 1.29 is 31.2 Å². The number of hydrogen-bond acceptors (Lipinski definition) is 8. The van der Waals surface area contributed by atoms with Crippen molar-refractivity contribution in [2.24, 2.45) is 0 Å². The summed E-state index contributed by atoms with van der Waals surface area (Å²) in [6, 6.07) is 14.2. The highest BCUT2D eigenvalue weighted by Crippen LogP contribution is 2.30. The van der Waals surface area contributed by atoms with Crippen molar-refractivity contribution in [1.82, 2.24) is 19.6 Å². The molecule has 5 rings (SSSR count). The molecule has 4 aromatic rings. The Bertz CT molecular complexity index is 1870. The van der Waals surface area contributed by atoms with E-state index in [4.69, 9.17) is 11.6 Å². The molecule has 4 N–H and O–H groups in total. The van der Waals surface area contributed by atoms with Crippen molar-refractivity contribution in [3.05, 3.63) is 101 Å². The molecular formula is C31H29ClF3N7O4S. The van der Waals surface area contributed by atoms with E-state index in [0.29, 0.717) is 18.8 Å². The normalized spacial score (nSPS) is 13.7. The molecule has 0 unspecified atom stereocenters. The van der Waals surface area contributed by atoms with Gasteiger partial charge in [0.1, 0.15) is 0 Å². The van der Waals surface area contributed by atoms with Gasteiger partial charge < -0.3 is 20.9 Å². The number of alkyl halides is 3. The minimum Gasteiger partial charge on any atom is -0.324 e.